The van der Waals surface area contributed by atoms with E-state index >= 15 is 0 Å². The van der Waals surface area contributed by atoms with Gasteiger partial charge in [0.2, 0.25) is 10.0 Å². The third-order valence-corrected chi connectivity index (χ3v) is 6.24. The van der Waals surface area contributed by atoms with E-state index < -0.39 is 16.1 Å². The zero-order chi connectivity index (χ0) is 23.9. The molecule has 0 aliphatic carbocycles. The Labute approximate surface area is 191 Å². The second kappa shape index (κ2) is 10.7. The van der Waals surface area contributed by atoms with Crippen molar-refractivity contribution in [3.05, 3.63) is 54.1 Å². The number of amides is 1. The van der Waals surface area contributed by atoms with Crippen LogP contribution in [0.3, 0.4) is 0 Å². The highest BCUT2D eigenvalue weighted by atomic mass is 32.2. The quantitative estimate of drug-likeness (QED) is 0.544. The fourth-order valence-corrected chi connectivity index (χ4v) is 3.43. The van der Waals surface area contributed by atoms with Gasteiger partial charge in [0.15, 0.2) is 6.10 Å². The number of carbonyl (C=O) groups is 1. The topological polar surface area (TPSA) is 84.9 Å². The summed E-state index contributed by atoms with van der Waals surface area (Å²) >= 11 is 0. The molecule has 176 valence electrons. The molecule has 0 radical (unpaired) electrons. The standard InChI is InChI=1S/C24H34N2O5S/c1-7-22(31-21-14-10-19(11-15-21)26(5)32(6,28)29)23(27)25-16-17-30-20-12-8-18(9-13-20)24(2,3)4/h8-15,22H,7,16-17H2,1-6H3,(H,25,27)/t22-/m0/s1. The maximum Gasteiger partial charge on any atom is 0.261 e. The monoisotopic (exact) mass is 462 g/mol. The smallest absolute Gasteiger partial charge is 0.261 e. The number of ether oxygens (including phenoxy) is 2. The van der Waals surface area contributed by atoms with Gasteiger partial charge in [0.05, 0.1) is 18.5 Å². The Morgan fingerprint density at radius 3 is 2.09 bits per heavy atom. The summed E-state index contributed by atoms with van der Waals surface area (Å²) in [4.78, 5) is 12.5. The molecule has 0 spiro atoms. The van der Waals surface area contributed by atoms with Crippen molar-refractivity contribution in [3.63, 3.8) is 0 Å². The Balaban J connectivity index is 1.83. The van der Waals surface area contributed by atoms with Crippen LogP contribution < -0.4 is 19.1 Å². The predicted octanol–water partition coefficient (Wildman–Crippen LogP) is 3.73. The van der Waals surface area contributed by atoms with Gasteiger partial charge < -0.3 is 14.8 Å². The number of hydrogen-bond acceptors (Lipinski definition) is 5. The first-order valence-corrected chi connectivity index (χ1v) is 12.5. The molecule has 0 aromatic heterocycles. The average Bonchev–Trinajstić information content (AvgIpc) is 2.74. The summed E-state index contributed by atoms with van der Waals surface area (Å²) < 4.78 is 35.9. The van der Waals surface area contributed by atoms with E-state index in [0.717, 1.165) is 12.0 Å². The highest BCUT2D eigenvalue weighted by molar-refractivity contribution is 7.92. The van der Waals surface area contributed by atoms with Crippen LogP contribution in [0, 0.1) is 0 Å². The van der Waals surface area contributed by atoms with Crippen molar-refractivity contribution in [2.24, 2.45) is 0 Å². The SMILES string of the molecule is CC[C@H](Oc1ccc(N(C)S(C)(=O)=O)cc1)C(=O)NCCOc1ccc(C(C)(C)C)cc1. The second-order valence-corrected chi connectivity index (χ2v) is 10.7. The van der Waals surface area contributed by atoms with Crippen LogP contribution in [0.15, 0.2) is 48.5 Å². The lowest BCUT2D eigenvalue weighted by Gasteiger charge is -2.20. The molecule has 0 unspecified atom stereocenters. The summed E-state index contributed by atoms with van der Waals surface area (Å²) in [7, 11) is -1.85. The molecule has 32 heavy (non-hydrogen) atoms. The van der Waals surface area contributed by atoms with Gasteiger partial charge in [-0.15, -0.1) is 0 Å². The molecule has 0 bridgehead atoms. The van der Waals surface area contributed by atoms with E-state index in [0.29, 0.717) is 31.0 Å². The minimum Gasteiger partial charge on any atom is -0.492 e. The minimum absolute atomic E-state index is 0.0889. The number of nitrogens with zero attached hydrogens (tertiary/aromatic N) is 1. The van der Waals surface area contributed by atoms with Crippen molar-refractivity contribution in [2.75, 3.05) is 30.8 Å². The van der Waals surface area contributed by atoms with Crippen LogP contribution in [0.25, 0.3) is 0 Å². The van der Waals surface area contributed by atoms with Crippen LogP contribution in [-0.4, -0.2) is 46.9 Å². The summed E-state index contributed by atoms with van der Waals surface area (Å²) in [6, 6.07) is 14.5. The van der Waals surface area contributed by atoms with E-state index in [2.05, 4.69) is 26.1 Å². The van der Waals surface area contributed by atoms with Gasteiger partial charge >= 0.3 is 0 Å². The summed E-state index contributed by atoms with van der Waals surface area (Å²) in [5, 5.41) is 2.83. The van der Waals surface area contributed by atoms with E-state index in [4.69, 9.17) is 9.47 Å². The van der Waals surface area contributed by atoms with Crippen molar-refractivity contribution in [1.82, 2.24) is 5.32 Å². The van der Waals surface area contributed by atoms with Crippen LogP contribution in [0.5, 0.6) is 11.5 Å². The number of hydrogen-bond donors (Lipinski definition) is 1. The van der Waals surface area contributed by atoms with Crippen molar-refractivity contribution in [2.45, 2.75) is 45.6 Å². The minimum atomic E-state index is -3.34. The molecule has 0 saturated heterocycles. The van der Waals surface area contributed by atoms with Crippen LogP contribution >= 0.6 is 0 Å². The van der Waals surface area contributed by atoms with Crippen LogP contribution in [0.2, 0.25) is 0 Å². The lowest BCUT2D eigenvalue weighted by atomic mass is 9.87. The maximum atomic E-state index is 12.5. The van der Waals surface area contributed by atoms with Crippen LogP contribution in [-0.2, 0) is 20.2 Å². The highest BCUT2D eigenvalue weighted by Gasteiger charge is 2.19. The molecule has 0 saturated carbocycles. The predicted molar refractivity (Wildman–Crippen MR) is 128 cm³/mol. The zero-order valence-electron chi connectivity index (χ0n) is 19.7. The maximum absolute atomic E-state index is 12.5. The molecular formula is C24H34N2O5S. The lowest BCUT2D eigenvalue weighted by Crippen LogP contribution is -2.39. The largest absolute Gasteiger partial charge is 0.492 e. The molecule has 0 aliphatic rings. The number of rotatable bonds is 10. The zero-order valence-corrected chi connectivity index (χ0v) is 20.5. The first kappa shape index (κ1) is 25.5. The summed E-state index contributed by atoms with van der Waals surface area (Å²) in [6.07, 6.45) is 0.977. The van der Waals surface area contributed by atoms with Gasteiger partial charge in [-0.25, -0.2) is 8.42 Å². The van der Waals surface area contributed by atoms with Crippen molar-refractivity contribution in [1.29, 1.82) is 0 Å². The first-order chi connectivity index (χ1) is 14.9. The fraction of sp³-hybridized carbons (Fsp3) is 0.458. The van der Waals surface area contributed by atoms with Gasteiger partial charge in [-0.2, -0.15) is 0 Å². The molecule has 2 rings (SSSR count). The van der Waals surface area contributed by atoms with E-state index in [9.17, 15) is 13.2 Å². The molecule has 0 aliphatic heterocycles. The van der Waals surface area contributed by atoms with E-state index in [1.807, 2.05) is 31.2 Å². The number of anilines is 1. The third-order valence-electron chi connectivity index (χ3n) is 5.03. The summed E-state index contributed by atoms with van der Waals surface area (Å²) in [5.41, 5.74) is 1.84. The lowest BCUT2D eigenvalue weighted by molar-refractivity contribution is -0.128. The molecule has 0 heterocycles. The molecule has 7 nitrogen and oxygen atoms in total. The van der Waals surface area contributed by atoms with Crippen LogP contribution in [0.4, 0.5) is 5.69 Å². The number of benzene rings is 2. The molecular weight excluding hydrogens is 428 g/mol. The first-order valence-electron chi connectivity index (χ1n) is 10.6. The number of carbonyl (C=O) groups excluding carboxylic acids is 1. The molecule has 1 N–H and O–H groups in total. The van der Waals surface area contributed by atoms with Crippen LogP contribution in [0.1, 0.15) is 39.7 Å². The Morgan fingerprint density at radius 1 is 1.03 bits per heavy atom. The fourth-order valence-electron chi connectivity index (χ4n) is 2.92. The van der Waals surface area contributed by atoms with Crippen molar-refractivity contribution >= 4 is 21.6 Å². The van der Waals surface area contributed by atoms with Gasteiger partial charge in [0.25, 0.3) is 5.91 Å². The van der Waals surface area contributed by atoms with Crippen molar-refractivity contribution < 1.29 is 22.7 Å². The van der Waals surface area contributed by atoms with Gasteiger partial charge in [-0.1, -0.05) is 39.8 Å². The molecule has 2 aromatic carbocycles. The molecule has 2 aromatic rings. The molecule has 0 fully saturated rings. The van der Waals surface area contributed by atoms with Gasteiger partial charge in [-0.3, -0.25) is 9.10 Å². The number of sulfonamides is 1. The van der Waals surface area contributed by atoms with Gasteiger partial charge in [-0.05, 0) is 53.8 Å². The Kier molecular flexibility index (Phi) is 8.55. The van der Waals surface area contributed by atoms with E-state index in [-0.39, 0.29) is 11.3 Å². The Morgan fingerprint density at radius 2 is 1.59 bits per heavy atom. The Bertz CT molecular complexity index is 981. The highest BCUT2D eigenvalue weighted by Crippen LogP contribution is 2.24. The van der Waals surface area contributed by atoms with E-state index in [1.165, 1.54) is 16.9 Å². The van der Waals surface area contributed by atoms with E-state index in [1.54, 1.807) is 24.3 Å². The summed E-state index contributed by atoms with van der Waals surface area (Å²) in [6.45, 7) is 9.05. The normalized spacial score (nSPS) is 12.7. The number of nitrogens with one attached hydrogen (secondary N) is 1. The van der Waals surface area contributed by atoms with Gasteiger partial charge in [0, 0.05) is 7.05 Å². The average molecular weight is 463 g/mol. The third kappa shape index (κ3) is 7.44. The van der Waals surface area contributed by atoms with Crippen molar-refractivity contribution in [3.8, 4) is 11.5 Å². The summed E-state index contributed by atoms with van der Waals surface area (Å²) in [5.74, 6) is 1.03. The second-order valence-electron chi connectivity index (χ2n) is 8.65. The molecule has 1 atom stereocenters. The molecule has 1 amide bonds. The molecule has 8 heteroatoms. The van der Waals surface area contributed by atoms with Gasteiger partial charge in [0.1, 0.15) is 18.1 Å². The Hall–Kier alpha value is -2.74.